The van der Waals surface area contributed by atoms with E-state index < -0.39 is 5.54 Å². The first kappa shape index (κ1) is 20.4. The van der Waals surface area contributed by atoms with E-state index in [-0.39, 0.29) is 11.9 Å². The van der Waals surface area contributed by atoms with Crippen LogP contribution in [0.25, 0.3) is 5.57 Å². The molecule has 1 N–H and O–H groups in total. The van der Waals surface area contributed by atoms with Gasteiger partial charge in [-0.15, -0.1) is 0 Å². The minimum atomic E-state index is -1.02. The highest BCUT2D eigenvalue weighted by Crippen LogP contribution is 2.30. The predicted molar refractivity (Wildman–Crippen MR) is 119 cm³/mol. The van der Waals surface area contributed by atoms with Crippen LogP contribution in [0, 0.1) is 0 Å². The molecule has 2 heterocycles. The smallest absolute Gasteiger partial charge is 0.319 e. The SMILES string of the molecule is CC(C)c1ccc(C2(C)NC(=O)N(CN3CC=C(c4ccccc4)CC3)C2=O)cc1. The van der Waals surface area contributed by atoms with Crippen molar-refractivity contribution in [1.82, 2.24) is 15.1 Å². The van der Waals surface area contributed by atoms with Crippen LogP contribution >= 0.6 is 0 Å². The molecule has 2 aromatic carbocycles. The molecule has 1 atom stereocenters. The van der Waals surface area contributed by atoms with Gasteiger partial charge in [0.1, 0.15) is 5.54 Å². The van der Waals surface area contributed by atoms with Crippen molar-refractivity contribution in [3.63, 3.8) is 0 Å². The molecule has 0 aliphatic carbocycles. The number of carbonyl (C=O) groups is 2. The number of hydrogen-bond donors (Lipinski definition) is 1. The molecule has 2 aromatic rings. The zero-order valence-electron chi connectivity index (χ0n) is 17.9. The maximum absolute atomic E-state index is 13.2. The Labute approximate surface area is 178 Å². The van der Waals surface area contributed by atoms with E-state index in [0.29, 0.717) is 12.6 Å². The second kappa shape index (κ2) is 8.07. The van der Waals surface area contributed by atoms with E-state index in [0.717, 1.165) is 25.1 Å². The van der Waals surface area contributed by atoms with Gasteiger partial charge < -0.3 is 5.32 Å². The summed E-state index contributed by atoms with van der Waals surface area (Å²) in [5.41, 5.74) is 3.57. The maximum Gasteiger partial charge on any atom is 0.326 e. The van der Waals surface area contributed by atoms with Crippen LogP contribution in [0.2, 0.25) is 0 Å². The number of carbonyl (C=O) groups excluding carboxylic acids is 2. The predicted octanol–water partition coefficient (Wildman–Crippen LogP) is 4.32. The van der Waals surface area contributed by atoms with Gasteiger partial charge in [0.2, 0.25) is 0 Å². The Morgan fingerprint density at radius 3 is 2.33 bits per heavy atom. The van der Waals surface area contributed by atoms with E-state index in [1.807, 2.05) is 42.5 Å². The molecule has 5 heteroatoms. The Bertz CT molecular complexity index is 966. The number of benzene rings is 2. The molecule has 1 saturated heterocycles. The van der Waals surface area contributed by atoms with Crippen molar-refractivity contribution in [3.05, 3.63) is 77.4 Å². The molecule has 1 fully saturated rings. The number of imide groups is 1. The van der Waals surface area contributed by atoms with Gasteiger partial charge in [-0.2, -0.15) is 0 Å². The summed E-state index contributed by atoms with van der Waals surface area (Å²) in [7, 11) is 0. The molecule has 0 spiro atoms. The first-order valence-corrected chi connectivity index (χ1v) is 10.6. The minimum absolute atomic E-state index is 0.192. The molecule has 0 radical (unpaired) electrons. The third kappa shape index (κ3) is 3.77. The van der Waals surface area contributed by atoms with Crippen molar-refractivity contribution >= 4 is 17.5 Å². The number of urea groups is 1. The van der Waals surface area contributed by atoms with E-state index in [4.69, 9.17) is 0 Å². The van der Waals surface area contributed by atoms with Crippen molar-refractivity contribution in [2.24, 2.45) is 0 Å². The molecular weight excluding hydrogens is 374 g/mol. The topological polar surface area (TPSA) is 52.7 Å². The van der Waals surface area contributed by atoms with Gasteiger partial charge in [0.15, 0.2) is 0 Å². The Morgan fingerprint density at radius 2 is 1.73 bits per heavy atom. The lowest BCUT2D eigenvalue weighted by molar-refractivity contribution is -0.132. The van der Waals surface area contributed by atoms with Crippen LogP contribution in [0.15, 0.2) is 60.7 Å². The van der Waals surface area contributed by atoms with Crippen molar-refractivity contribution in [2.45, 2.75) is 38.6 Å². The summed E-state index contributed by atoms with van der Waals surface area (Å²) < 4.78 is 0. The third-order valence-electron chi connectivity index (χ3n) is 6.21. The van der Waals surface area contributed by atoms with E-state index in [9.17, 15) is 9.59 Å². The average Bonchev–Trinajstić information content (AvgIpc) is 2.99. The van der Waals surface area contributed by atoms with Crippen molar-refractivity contribution < 1.29 is 9.59 Å². The van der Waals surface area contributed by atoms with Crippen molar-refractivity contribution in [2.75, 3.05) is 19.8 Å². The average molecular weight is 404 g/mol. The highest BCUT2D eigenvalue weighted by Gasteiger charge is 2.49. The van der Waals surface area contributed by atoms with Crippen LogP contribution in [0.3, 0.4) is 0 Å². The quantitative estimate of drug-likeness (QED) is 0.757. The molecule has 4 rings (SSSR count). The summed E-state index contributed by atoms with van der Waals surface area (Å²) in [6.45, 7) is 7.91. The third-order valence-corrected chi connectivity index (χ3v) is 6.21. The lowest BCUT2D eigenvalue weighted by atomic mass is 9.90. The highest BCUT2D eigenvalue weighted by molar-refractivity contribution is 6.07. The van der Waals surface area contributed by atoms with Crippen LogP contribution in [0.4, 0.5) is 4.79 Å². The summed E-state index contributed by atoms with van der Waals surface area (Å²) in [4.78, 5) is 29.4. The Hall–Kier alpha value is -2.92. The van der Waals surface area contributed by atoms with Gasteiger partial charge in [0, 0.05) is 13.1 Å². The molecule has 0 aromatic heterocycles. The molecule has 2 aliphatic heterocycles. The Balaban J connectivity index is 1.45. The van der Waals surface area contributed by atoms with E-state index in [1.165, 1.54) is 21.6 Å². The number of amides is 3. The maximum atomic E-state index is 13.2. The summed E-state index contributed by atoms with van der Waals surface area (Å²) in [6, 6.07) is 18.0. The van der Waals surface area contributed by atoms with Gasteiger partial charge in [-0.25, -0.2) is 9.69 Å². The molecule has 30 heavy (non-hydrogen) atoms. The fourth-order valence-corrected chi connectivity index (χ4v) is 4.18. The van der Waals surface area contributed by atoms with E-state index in [2.05, 4.69) is 42.3 Å². The normalized spacial score (nSPS) is 22.4. The standard InChI is InChI=1S/C25H29N3O2/c1-18(2)19-9-11-22(12-10-19)25(3)23(29)28(24(30)26-25)17-27-15-13-21(14-16-27)20-7-5-4-6-8-20/h4-13,18H,14-17H2,1-3H3,(H,26,30). The lowest BCUT2D eigenvalue weighted by Gasteiger charge is -2.30. The van der Waals surface area contributed by atoms with Crippen LogP contribution in [-0.4, -0.2) is 41.5 Å². The molecule has 3 amide bonds. The molecule has 0 bridgehead atoms. The van der Waals surface area contributed by atoms with Crippen LogP contribution < -0.4 is 5.32 Å². The first-order chi connectivity index (χ1) is 14.4. The van der Waals surface area contributed by atoms with Gasteiger partial charge >= 0.3 is 6.03 Å². The lowest BCUT2D eigenvalue weighted by Crippen LogP contribution is -2.44. The molecule has 0 saturated carbocycles. The summed E-state index contributed by atoms with van der Waals surface area (Å²) in [5.74, 6) is 0.229. The molecule has 5 nitrogen and oxygen atoms in total. The highest BCUT2D eigenvalue weighted by atomic mass is 16.2. The fourth-order valence-electron chi connectivity index (χ4n) is 4.18. The van der Waals surface area contributed by atoms with Gasteiger partial charge in [-0.1, -0.05) is 74.5 Å². The van der Waals surface area contributed by atoms with E-state index >= 15 is 0 Å². The van der Waals surface area contributed by atoms with Crippen LogP contribution in [0.1, 0.15) is 49.8 Å². The van der Waals surface area contributed by atoms with Crippen molar-refractivity contribution in [1.29, 1.82) is 0 Å². The molecule has 156 valence electrons. The fraction of sp³-hybridized carbons (Fsp3) is 0.360. The minimum Gasteiger partial charge on any atom is -0.319 e. The van der Waals surface area contributed by atoms with Gasteiger partial charge in [-0.3, -0.25) is 9.69 Å². The second-order valence-corrected chi connectivity index (χ2v) is 8.63. The summed E-state index contributed by atoms with van der Waals surface area (Å²) in [6.07, 6.45) is 3.10. The zero-order chi connectivity index (χ0) is 21.3. The summed E-state index contributed by atoms with van der Waals surface area (Å²) >= 11 is 0. The molecular formula is C25H29N3O2. The number of rotatable bonds is 5. The number of nitrogens with zero attached hydrogens (tertiary/aromatic N) is 2. The van der Waals surface area contributed by atoms with Crippen LogP contribution in [0.5, 0.6) is 0 Å². The largest absolute Gasteiger partial charge is 0.326 e. The van der Waals surface area contributed by atoms with Gasteiger partial charge in [0.25, 0.3) is 5.91 Å². The van der Waals surface area contributed by atoms with Gasteiger partial charge in [0.05, 0.1) is 6.67 Å². The monoisotopic (exact) mass is 403 g/mol. The van der Waals surface area contributed by atoms with Crippen molar-refractivity contribution in [3.8, 4) is 0 Å². The van der Waals surface area contributed by atoms with E-state index in [1.54, 1.807) is 6.92 Å². The zero-order valence-corrected chi connectivity index (χ0v) is 17.9. The first-order valence-electron chi connectivity index (χ1n) is 10.6. The van der Waals surface area contributed by atoms with Crippen LogP contribution in [-0.2, 0) is 10.3 Å². The number of hydrogen-bond acceptors (Lipinski definition) is 3. The summed E-state index contributed by atoms with van der Waals surface area (Å²) in [5, 5.41) is 2.91. The molecule has 1 unspecified atom stereocenters. The Morgan fingerprint density at radius 1 is 1.03 bits per heavy atom. The molecule has 2 aliphatic rings. The van der Waals surface area contributed by atoms with Gasteiger partial charge in [-0.05, 0) is 41.5 Å². The Kier molecular flexibility index (Phi) is 5.48. The second-order valence-electron chi connectivity index (χ2n) is 8.63. The number of nitrogens with one attached hydrogen (secondary N) is 1.